The van der Waals surface area contributed by atoms with Crippen LogP contribution in [0, 0.1) is 5.95 Å². The summed E-state index contributed by atoms with van der Waals surface area (Å²) < 4.78 is 15.7. The van der Waals surface area contributed by atoms with Gasteiger partial charge in [0.1, 0.15) is 0 Å². The first-order chi connectivity index (χ1) is 12.7. The zero-order valence-electron chi connectivity index (χ0n) is 13.6. The van der Waals surface area contributed by atoms with Crippen molar-refractivity contribution in [1.82, 2.24) is 19.5 Å². The summed E-state index contributed by atoms with van der Waals surface area (Å²) in [5, 5.41) is 0. The maximum absolute atomic E-state index is 14.2. The third-order valence-corrected chi connectivity index (χ3v) is 3.92. The van der Waals surface area contributed by atoms with Crippen molar-refractivity contribution in [3.8, 4) is 28.2 Å². The highest BCUT2D eigenvalue weighted by Crippen LogP contribution is 2.23. The maximum atomic E-state index is 14.2. The molecule has 126 valence electrons. The first-order valence-corrected chi connectivity index (χ1v) is 7.94. The van der Waals surface area contributed by atoms with E-state index in [4.69, 9.17) is 0 Å². The van der Waals surface area contributed by atoms with Gasteiger partial charge in [-0.3, -0.25) is 9.36 Å². The molecule has 0 aliphatic heterocycles. The van der Waals surface area contributed by atoms with Gasteiger partial charge in [0.25, 0.3) is 5.56 Å². The monoisotopic (exact) mass is 344 g/mol. The molecule has 0 bridgehead atoms. The molecule has 0 spiro atoms. The third kappa shape index (κ3) is 2.88. The predicted octanol–water partition coefficient (Wildman–Crippen LogP) is 3.50. The Balaban J connectivity index is 2.03. The third-order valence-electron chi connectivity index (χ3n) is 3.92. The van der Waals surface area contributed by atoms with Gasteiger partial charge in [0.2, 0.25) is 5.95 Å². The molecule has 26 heavy (non-hydrogen) atoms. The fraction of sp³-hybridized carbons (Fsp3) is 0. The molecule has 0 aliphatic rings. The summed E-state index contributed by atoms with van der Waals surface area (Å²) in [5.41, 5.74) is 1.26. The molecular weight excluding hydrogens is 331 g/mol. The molecule has 0 radical (unpaired) electrons. The Morgan fingerprint density at radius 3 is 2.27 bits per heavy atom. The van der Waals surface area contributed by atoms with Crippen molar-refractivity contribution in [2.24, 2.45) is 0 Å². The molecule has 0 unspecified atom stereocenters. The molecule has 0 saturated heterocycles. The normalized spacial score (nSPS) is 10.7. The van der Waals surface area contributed by atoms with Crippen molar-refractivity contribution < 1.29 is 4.39 Å². The second kappa shape index (κ2) is 6.68. The number of rotatable bonds is 3. The number of para-hydroxylation sites is 1. The van der Waals surface area contributed by atoms with Gasteiger partial charge >= 0.3 is 0 Å². The van der Waals surface area contributed by atoms with E-state index in [0.29, 0.717) is 17.1 Å². The largest absolute Gasteiger partial charge is 0.283 e. The lowest BCUT2D eigenvalue weighted by atomic mass is 10.1. The standard InChI is InChI=1S/C20H13FN4O/c21-18-16(8-4-9-22-18)17-12-14(19-23-10-5-11-24-19)13-25(20(17)26)15-6-2-1-3-7-15/h1-13H. The van der Waals surface area contributed by atoms with Crippen LogP contribution in [0.25, 0.3) is 28.2 Å². The number of benzene rings is 1. The number of halogens is 1. The minimum atomic E-state index is -0.699. The Bertz CT molecular complexity index is 1110. The maximum Gasteiger partial charge on any atom is 0.263 e. The van der Waals surface area contributed by atoms with Gasteiger partial charge < -0.3 is 0 Å². The summed E-state index contributed by atoms with van der Waals surface area (Å²) in [4.78, 5) is 25.2. The minimum absolute atomic E-state index is 0.139. The molecular formula is C20H13FN4O. The molecule has 4 rings (SSSR count). The Morgan fingerprint density at radius 2 is 1.54 bits per heavy atom. The highest BCUT2D eigenvalue weighted by molar-refractivity contribution is 5.69. The van der Waals surface area contributed by atoms with E-state index in [1.165, 1.54) is 16.8 Å². The summed E-state index contributed by atoms with van der Waals surface area (Å²) in [5.74, 6) is -0.252. The minimum Gasteiger partial charge on any atom is -0.283 e. The van der Waals surface area contributed by atoms with E-state index in [0.717, 1.165) is 0 Å². The van der Waals surface area contributed by atoms with E-state index in [1.807, 2.05) is 18.2 Å². The lowest BCUT2D eigenvalue weighted by molar-refractivity contribution is 0.587. The van der Waals surface area contributed by atoms with Crippen molar-refractivity contribution in [3.63, 3.8) is 0 Å². The second-order valence-corrected chi connectivity index (χ2v) is 5.57. The number of hydrogen-bond acceptors (Lipinski definition) is 4. The molecule has 0 saturated carbocycles. The van der Waals surface area contributed by atoms with E-state index in [1.54, 1.807) is 48.9 Å². The van der Waals surface area contributed by atoms with E-state index in [9.17, 15) is 9.18 Å². The van der Waals surface area contributed by atoms with E-state index in [2.05, 4.69) is 15.0 Å². The smallest absolute Gasteiger partial charge is 0.263 e. The van der Waals surface area contributed by atoms with E-state index >= 15 is 0 Å². The Hall–Kier alpha value is -3.67. The van der Waals surface area contributed by atoms with Crippen molar-refractivity contribution >= 4 is 0 Å². The van der Waals surface area contributed by atoms with Crippen LogP contribution in [0.4, 0.5) is 4.39 Å². The highest BCUT2D eigenvalue weighted by atomic mass is 19.1. The summed E-state index contributed by atoms with van der Waals surface area (Å²) in [6.07, 6.45) is 6.23. The molecule has 0 atom stereocenters. The molecule has 0 amide bonds. The summed E-state index contributed by atoms with van der Waals surface area (Å²) in [6, 6.07) is 15.6. The fourth-order valence-corrected chi connectivity index (χ4v) is 2.71. The Kier molecular flexibility index (Phi) is 4.07. The topological polar surface area (TPSA) is 60.7 Å². The zero-order chi connectivity index (χ0) is 17.9. The summed E-state index contributed by atoms with van der Waals surface area (Å²) in [6.45, 7) is 0. The lowest BCUT2D eigenvalue weighted by Gasteiger charge is -2.12. The van der Waals surface area contributed by atoms with Gasteiger partial charge in [-0.2, -0.15) is 4.39 Å². The van der Waals surface area contributed by atoms with Crippen molar-refractivity contribution in [3.05, 3.63) is 95.7 Å². The zero-order valence-corrected chi connectivity index (χ0v) is 13.6. The van der Waals surface area contributed by atoms with Crippen LogP contribution in [-0.4, -0.2) is 19.5 Å². The fourth-order valence-electron chi connectivity index (χ4n) is 2.71. The van der Waals surface area contributed by atoms with Crippen molar-refractivity contribution in [2.75, 3.05) is 0 Å². The molecule has 0 N–H and O–H groups in total. The van der Waals surface area contributed by atoms with Gasteiger partial charge in [-0.1, -0.05) is 18.2 Å². The van der Waals surface area contributed by atoms with Crippen molar-refractivity contribution in [2.45, 2.75) is 0 Å². The van der Waals surface area contributed by atoms with Gasteiger partial charge in [-0.25, -0.2) is 15.0 Å². The number of nitrogens with zero attached hydrogens (tertiary/aromatic N) is 4. The molecule has 3 heterocycles. The van der Waals surface area contributed by atoms with Crippen LogP contribution in [0.5, 0.6) is 0 Å². The molecule has 6 heteroatoms. The van der Waals surface area contributed by atoms with Gasteiger partial charge in [0, 0.05) is 41.6 Å². The predicted molar refractivity (Wildman–Crippen MR) is 96.3 cm³/mol. The van der Waals surface area contributed by atoms with Crippen LogP contribution in [0.3, 0.4) is 0 Å². The van der Waals surface area contributed by atoms with Crippen LogP contribution in [0.2, 0.25) is 0 Å². The number of pyridine rings is 2. The average molecular weight is 344 g/mol. The second-order valence-electron chi connectivity index (χ2n) is 5.57. The number of hydrogen-bond donors (Lipinski definition) is 0. The number of aromatic nitrogens is 4. The van der Waals surface area contributed by atoms with Crippen molar-refractivity contribution in [1.29, 1.82) is 0 Å². The van der Waals surface area contributed by atoms with Gasteiger partial charge in [-0.15, -0.1) is 0 Å². The SMILES string of the molecule is O=c1c(-c2cccnc2F)cc(-c2ncccn2)cn1-c1ccccc1. The molecule has 0 fully saturated rings. The molecule has 0 aliphatic carbocycles. The Labute approximate surface area is 148 Å². The van der Waals surface area contributed by atoms with Gasteiger partial charge in [0.15, 0.2) is 5.82 Å². The highest BCUT2D eigenvalue weighted by Gasteiger charge is 2.15. The first kappa shape index (κ1) is 15.8. The lowest BCUT2D eigenvalue weighted by Crippen LogP contribution is -2.20. The summed E-state index contributed by atoms with van der Waals surface area (Å²) in [7, 11) is 0. The van der Waals surface area contributed by atoms with Crippen LogP contribution >= 0.6 is 0 Å². The molecule has 4 aromatic rings. The first-order valence-electron chi connectivity index (χ1n) is 7.94. The quantitative estimate of drug-likeness (QED) is 0.534. The van der Waals surface area contributed by atoms with E-state index < -0.39 is 5.95 Å². The molecule has 5 nitrogen and oxygen atoms in total. The van der Waals surface area contributed by atoms with E-state index in [-0.39, 0.29) is 16.7 Å². The Morgan fingerprint density at radius 1 is 0.808 bits per heavy atom. The van der Waals surface area contributed by atoms with Crippen LogP contribution in [-0.2, 0) is 0 Å². The van der Waals surface area contributed by atoms with Crippen LogP contribution in [0.15, 0.2) is 84.2 Å². The average Bonchev–Trinajstić information content (AvgIpc) is 2.70. The van der Waals surface area contributed by atoms with Crippen LogP contribution in [0.1, 0.15) is 0 Å². The van der Waals surface area contributed by atoms with Gasteiger partial charge in [-0.05, 0) is 36.4 Å². The molecule has 3 aromatic heterocycles. The molecule has 1 aromatic carbocycles. The van der Waals surface area contributed by atoms with Gasteiger partial charge in [0.05, 0.1) is 5.56 Å². The summed E-state index contributed by atoms with van der Waals surface area (Å²) >= 11 is 0. The van der Waals surface area contributed by atoms with Crippen LogP contribution < -0.4 is 5.56 Å².